The molecule has 376 valence electrons. The number of carbonyl (C=O) groups is 2. The van der Waals surface area contributed by atoms with Crippen LogP contribution in [0.1, 0.15) is 291 Å². The van der Waals surface area contributed by atoms with Crippen LogP contribution in [0.3, 0.4) is 0 Å². The van der Waals surface area contributed by atoms with Crippen molar-refractivity contribution in [3.05, 3.63) is 0 Å². The fourth-order valence-electron chi connectivity index (χ4n) is 9.17. The lowest BCUT2D eigenvalue weighted by Crippen LogP contribution is -2.33. The summed E-state index contributed by atoms with van der Waals surface area (Å²) in [6.45, 7) is 15.1. The molecule has 0 rings (SSSR count). The van der Waals surface area contributed by atoms with Gasteiger partial charge in [0.05, 0.1) is 13.2 Å². The SMILES string of the molecule is CCCCCCCCCC(CCCCCC)COC(=O)CCCCCCCCCN(CCCCCCCCCC(=O)OCC(CCCCCC)CCCCCCCC)CCN(C)C. The molecule has 0 saturated heterocycles. The fourth-order valence-corrected chi connectivity index (χ4v) is 9.17. The highest BCUT2D eigenvalue weighted by Crippen LogP contribution is 2.22. The number of carbonyl (C=O) groups excluding carboxylic acids is 2. The highest BCUT2D eigenvalue weighted by molar-refractivity contribution is 5.69. The standard InChI is InChI=1S/C57H114N2O4/c1-7-11-15-19-23-29-37-45-55(43-35-18-14-10-4)53-63-57(61)47-39-31-25-22-27-33-41-49-59(51-50-58(5)6)48-40-32-26-21-24-30-38-46-56(60)62-52-54(42-34-17-13-9-3)44-36-28-20-16-12-8-2/h54-55H,7-53H2,1-6H3. The van der Waals surface area contributed by atoms with Crippen LogP contribution >= 0.6 is 0 Å². The molecular weight excluding hydrogens is 777 g/mol. The van der Waals surface area contributed by atoms with E-state index in [9.17, 15) is 9.59 Å². The van der Waals surface area contributed by atoms with Gasteiger partial charge < -0.3 is 19.3 Å². The molecule has 0 aliphatic heterocycles. The first-order valence-electron chi connectivity index (χ1n) is 28.5. The van der Waals surface area contributed by atoms with Crippen molar-refractivity contribution in [2.24, 2.45) is 11.8 Å². The molecule has 0 radical (unpaired) electrons. The summed E-state index contributed by atoms with van der Waals surface area (Å²) in [5, 5.41) is 0. The number of hydrogen-bond donors (Lipinski definition) is 0. The highest BCUT2D eigenvalue weighted by atomic mass is 16.5. The van der Waals surface area contributed by atoms with E-state index in [1.807, 2.05) is 0 Å². The molecule has 2 atom stereocenters. The smallest absolute Gasteiger partial charge is 0.305 e. The molecule has 0 spiro atoms. The lowest BCUT2D eigenvalue weighted by Gasteiger charge is -2.24. The number of esters is 2. The molecule has 2 unspecified atom stereocenters. The first kappa shape index (κ1) is 61.9. The van der Waals surface area contributed by atoms with Gasteiger partial charge in [0.2, 0.25) is 0 Å². The Labute approximate surface area is 395 Å². The number of hydrogen-bond acceptors (Lipinski definition) is 6. The van der Waals surface area contributed by atoms with E-state index in [2.05, 4.69) is 51.6 Å². The molecule has 6 heteroatoms. The van der Waals surface area contributed by atoms with Crippen molar-refractivity contribution in [3.63, 3.8) is 0 Å². The molecule has 0 heterocycles. The second kappa shape index (κ2) is 50.3. The van der Waals surface area contributed by atoms with Crippen molar-refractivity contribution >= 4 is 11.9 Å². The first-order valence-corrected chi connectivity index (χ1v) is 28.5. The fraction of sp³-hybridized carbons (Fsp3) is 0.965. The van der Waals surface area contributed by atoms with E-state index >= 15 is 0 Å². The Morgan fingerprint density at radius 1 is 0.333 bits per heavy atom. The van der Waals surface area contributed by atoms with Gasteiger partial charge in [0.1, 0.15) is 0 Å². The third kappa shape index (κ3) is 47.2. The summed E-state index contributed by atoms with van der Waals surface area (Å²) >= 11 is 0. The highest BCUT2D eigenvalue weighted by Gasteiger charge is 2.14. The summed E-state index contributed by atoms with van der Waals surface area (Å²) in [7, 11) is 4.37. The Morgan fingerprint density at radius 3 is 0.921 bits per heavy atom. The minimum Gasteiger partial charge on any atom is -0.465 e. The summed E-state index contributed by atoms with van der Waals surface area (Å²) in [5.41, 5.74) is 0. The summed E-state index contributed by atoms with van der Waals surface area (Å²) in [6, 6.07) is 0. The number of likely N-dealkylation sites (N-methyl/N-ethyl adjacent to an activating group) is 1. The van der Waals surface area contributed by atoms with E-state index in [-0.39, 0.29) is 11.9 Å². The molecule has 0 N–H and O–H groups in total. The van der Waals surface area contributed by atoms with Gasteiger partial charge in [-0.15, -0.1) is 0 Å². The molecule has 0 aliphatic carbocycles. The third-order valence-electron chi connectivity index (χ3n) is 13.6. The van der Waals surface area contributed by atoms with Crippen molar-refractivity contribution in [2.45, 2.75) is 291 Å². The molecule has 0 bridgehead atoms. The second-order valence-electron chi connectivity index (χ2n) is 20.4. The summed E-state index contributed by atoms with van der Waals surface area (Å²) in [6.07, 6.45) is 51.0. The van der Waals surface area contributed by atoms with Crippen LogP contribution in [-0.2, 0) is 19.1 Å². The van der Waals surface area contributed by atoms with E-state index < -0.39 is 0 Å². The third-order valence-corrected chi connectivity index (χ3v) is 13.6. The van der Waals surface area contributed by atoms with Crippen LogP contribution in [0.4, 0.5) is 0 Å². The van der Waals surface area contributed by atoms with Crippen molar-refractivity contribution in [1.29, 1.82) is 0 Å². The lowest BCUT2D eigenvalue weighted by molar-refractivity contribution is -0.146. The molecular formula is C57H114N2O4. The Balaban J connectivity index is 4.10. The van der Waals surface area contributed by atoms with Crippen molar-refractivity contribution in [1.82, 2.24) is 9.80 Å². The van der Waals surface area contributed by atoms with Crippen LogP contribution in [-0.4, -0.2) is 75.2 Å². The molecule has 0 aromatic heterocycles. The minimum atomic E-state index is 0.0314. The Bertz CT molecular complexity index is 928. The van der Waals surface area contributed by atoms with Crippen LogP contribution in [0.15, 0.2) is 0 Å². The van der Waals surface area contributed by atoms with Gasteiger partial charge in [-0.1, -0.05) is 227 Å². The number of rotatable bonds is 52. The molecule has 0 aliphatic rings. The average molecular weight is 892 g/mol. The van der Waals surface area contributed by atoms with Crippen LogP contribution in [0, 0.1) is 11.8 Å². The van der Waals surface area contributed by atoms with Gasteiger partial charge in [-0.05, 0) is 90.4 Å². The van der Waals surface area contributed by atoms with Crippen LogP contribution < -0.4 is 0 Å². The Kier molecular flexibility index (Phi) is 49.4. The Morgan fingerprint density at radius 2 is 0.603 bits per heavy atom. The number of ether oxygens (including phenoxy) is 2. The largest absolute Gasteiger partial charge is 0.465 e. The van der Waals surface area contributed by atoms with Gasteiger partial charge in [-0.2, -0.15) is 0 Å². The van der Waals surface area contributed by atoms with Gasteiger partial charge in [0, 0.05) is 25.9 Å². The van der Waals surface area contributed by atoms with Gasteiger partial charge in [-0.25, -0.2) is 0 Å². The molecule has 6 nitrogen and oxygen atoms in total. The minimum absolute atomic E-state index is 0.0314. The van der Waals surface area contributed by atoms with Crippen LogP contribution in [0.2, 0.25) is 0 Å². The maximum Gasteiger partial charge on any atom is 0.305 e. The zero-order valence-corrected chi connectivity index (χ0v) is 43.9. The molecule has 0 saturated carbocycles. The van der Waals surface area contributed by atoms with Crippen LogP contribution in [0.25, 0.3) is 0 Å². The first-order chi connectivity index (χ1) is 30.9. The zero-order chi connectivity index (χ0) is 46.1. The molecule has 0 fully saturated rings. The molecule has 63 heavy (non-hydrogen) atoms. The monoisotopic (exact) mass is 891 g/mol. The number of unbranched alkanes of at least 4 members (excludes halogenated alkanes) is 29. The molecule has 0 aromatic carbocycles. The second-order valence-corrected chi connectivity index (χ2v) is 20.4. The number of nitrogens with zero attached hydrogens (tertiary/aromatic N) is 2. The summed E-state index contributed by atoms with van der Waals surface area (Å²) in [4.78, 5) is 30.2. The van der Waals surface area contributed by atoms with Crippen molar-refractivity contribution < 1.29 is 19.1 Å². The lowest BCUT2D eigenvalue weighted by atomic mass is 9.95. The van der Waals surface area contributed by atoms with Gasteiger partial charge in [-0.3, -0.25) is 9.59 Å². The maximum atomic E-state index is 12.6. The van der Waals surface area contributed by atoms with Gasteiger partial charge in [0.25, 0.3) is 0 Å². The van der Waals surface area contributed by atoms with E-state index in [0.717, 1.165) is 38.8 Å². The van der Waals surface area contributed by atoms with Gasteiger partial charge >= 0.3 is 11.9 Å². The summed E-state index contributed by atoms with van der Waals surface area (Å²) < 4.78 is 11.7. The summed E-state index contributed by atoms with van der Waals surface area (Å²) in [5.74, 6) is 1.17. The van der Waals surface area contributed by atoms with E-state index in [4.69, 9.17) is 9.47 Å². The molecule has 0 aromatic rings. The van der Waals surface area contributed by atoms with Gasteiger partial charge in [0.15, 0.2) is 0 Å². The predicted molar refractivity (Wildman–Crippen MR) is 276 cm³/mol. The predicted octanol–water partition coefficient (Wildman–Crippen LogP) is 17.2. The van der Waals surface area contributed by atoms with Crippen molar-refractivity contribution in [3.8, 4) is 0 Å². The average Bonchev–Trinajstić information content (AvgIpc) is 3.27. The molecule has 0 amide bonds. The quantitative estimate of drug-likeness (QED) is 0.0448. The maximum absolute atomic E-state index is 12.6. The normalized spacial score (nSPS) is 12.7. The van der Waals surface area contributed by atoms with Crippen molar-refractivity contribution in [2.75, 3.05) is 53.5 Å². The van der Waals surface area contributed by atoms with Crippen LogP contribution in [0.5, 0.6) is 0 Å². The van der Waals surface area contributed by atoms with E-state index in [1.54, 1.807) is 0 Å². The van der Waals surface area contributed by atoms with E-state index in [0.29, 0.717) is 37.9 Å². The van der Waals surface area contributed by atoms with E-state index in [1.165, 1.54) is 238 Å². The zero-order valence-electron chi connectivity index (χ0n) is 43.9. The topological polar surface area (TPSA) is 59.1 Å². The Hall–Kier alpha value is -1.14.